The fourth-order valence-electron chi connectivity index (χ4n) is 3.20. The smallest absolute Gasteiger partial charge is 0.319 e. The van der Waals surface area contributed by atoms with Gasteiger partial charge in [-0.3, -0.25) is 19.7 Å². The van der Waals surface area contributed by atoms with Gasteiger partial charge >= 0.3 is 5.97 Å². The molecule has 1 N–H and O–H groups in total. The molecule has 0 aromatic heterocycles. The molecule has 27 heavy (non-hydrogen) atoms. The molecule has 1 heterocycles. The van der Waals surface area contributed by atoms with Crippen LogP contribution in [0.25, 0.3) is 0 Å². The molecular formula is C16H19N3O7S. The van der Waals surface area contributed by atoms with Crippen molar-refractivity contribution in [3.8, 4) is 0 Å². The molecule has 0 spiro atoms. The zero-order valence-corrected chi connectivity index (χ0v) is 15.4. The number of hydrogen-bond acceptors (Lipinski definition) is 6. The minimum Gasteiger partial charge on any atom is -0.480 e. The zero-order valence-electron chi connectivity index (χ0n) is 14.6. The summed E-state index contributed by atoms with van der Waals surface area (Å²) in [5, 5.41) is 20.2. The van der Waals surface area contributed by atoms with E-state index in [-0.39, 0.29) is 36.8 Å². The summed E-state index contributed by atoms with van der Waals surface area (Å²) in [7, 11) is -3.96. The minimum atomic E-state index is -3.96. The Morgan fingerprint density at radius 3 is 2.26 bits per heavy atom. The van der Waals surface area contributed by atoms with Crippen molar-refractivity contribution >= 4 is 27.6 Å². The van der Waals surface area contributed by atoms with Gasteiger partial charge in [0.1, 0.15) is 5.41 Å². The van der Waals surface area contributed by atoms with Crippen molar-refractivity contribution in [1.29, 1.82) is 0 Å². The Balaban J connectivity index is 1.76. The maximum atomic E-state index is 12.9. The van der Waals surface area contributed by atoms with E-state index in [9.17, 15) is 33.2 Å². The first kappa shape index (κ1) is 19.2. The van der Waals surface area contributed by atoms with Crippen molar-refractivity contribution in [3.05, 3.63) is 33.9 Å². The van der Waals surface area contributed by atoms with Crippen molar-refractivity contribution in [2.24, 2.45) is 5.41 Å². The van der Waals surface area contributed by atoms with E-state index >= 15 is 0 Å². The lowest BCUT2D eigenvalue weighted by Gasteiger charge is -2.35. The Morgan fingerprint density at radius 2 is 1.78 bits per heavy atom. The zero-order chi connectivity index (χ0) is 20.0. The van der Waals surface area contributed by atoms with E-state index in [4.69, 9.17) is 0 Å². The second-order valence-corrected chi connectivity index (χ2v) is 8.70. The lowest BCUT2D eigenvalue weighted by Crippen LogP contribution is -2.53. The molecule has 0 bridgehead atoms. The Morgan fingerprint density at radius 1 is 1.19 bits per heavy atom. The molecule has 1 saturated heterocycles. The van der Waals surface area contributed by atoms with Crippen LogP contribution >= 0.6 is 0 Å². The Kier molecular flexibility index (Phi) is 4.68. The second-order valence-electron chi connectivity index (χ2n) is 6.79. The summed E-state index contributed by atoms with van der Waals surface area (Å²) in [6, 6.07) is 3.66. The van der Waals surface area contributed by atoms with E-state index in [0.717, 1.165) is 6.07 Å². The summed E-state index contributed by atoms with van der Waals surface area (Å²) in [5.41, 5.74) is -1.27. The first-order chi connectivity index (χ1) is 12.6. The Bertz CT molecular complexity index is 916. The SMILES string of the molecule is Cc1ccc([N+](=O)[O-])cc1S(=O)(=O)N1CCN(C(=O)C2(C(=O)O)CC2)CC1. The molecule has 2 aliphatic rings. The third-order valence-electron chi connectivity index (χ3n) is 5.09. The molecule has 2 fully saturated rings. The molecule has 1 aliphatic carbocycles. The van der Waals surface area contributed by atoms with E-state index in [2.05, 4.69) is 0 Å². The number of benzene rings is 1. The quantitative estimate of drug-likeness (QED) is 0.436. The van der Waals surface area contributed by atoms with Crippen molar-refractivity contribution in [3.63, 3.8) is 0 Å². The van der Waals surface area contributed by atoms with Gasteiger partial charge in [0.15, 0.2) is 0 Å². The van der Waals surface area contributed by atoms with Crippen molar-refractivity contribution < 1.29 is 28.0 Å². The average Bonchev–Trinajstić information content (AvgIpc) is 3.43. The van der Waals surface area contributed by atoms with Crippen molar-refractivity contribution in [1.82, 2.24) is 9.21 Å². The molecule has 1 aliphatic heterocycles. The summed E-state index contributed by atoms with van der Waals surface area (Å²) in [5.74, 6) is -1.62. The number of sulfonamides is 1. The maximum absolute atomic E-state index is 12.9. The summed E-state index contributed by atoms with van der Waals surface area (Å²) in [6.07, 6.45) is 0.596. The topological polar surface area (TPSA) is 138 Å². The third-order valence-corrected chi connectivity index (χ3v) is 7.14. The van der Waals surface area contributed by atoms with Gasteiger partial charge < -0.3 is 10.0 Å². The van der Waals surface area contributed by atoms with Crippen molar-refractivity contribution in [2.45, 2.75) is 24.7 Å². The molecule has 11 heteroatoms. The third kappa shape index (κ3) is 3.28. The summed E-state index contributed by atoms with van der Waals surface area (Å²) >= 11 is 0. The summed E-state index contributed by atoms with van der Waals surface area (Å²) in [6.45, 7) is 1.74. The number of aliphatic carboxylic acids is 1. The molecule has 10 nitrogen and oxygen atoms in total. The molecule has 1 amide bonds. The van der Waals surface area contributed by atoms with Crippen LogP contribution in [0.2, 0.25) is 0 Å². The molecule has 1 aromatic carbocycles. The standard InChI is InChI=1S/C16H19N3O7S/c1-11-2-3-12(19(23)24)10-13(11)27(25,26)18-8-6-17(7-9-18)14(20)16(4-5-16)15(21)22/h2-3,10H,4-9H2,1H3,(H,21,22). The number of carboxylic acids is 1. The highest BCUT2D eigenvalue weighted by Gasteiger charge is 2.58. The number of nitrogens with zero attached hydrogens (tertiary/aromatic N) is 3. The van der Waals surface area contributed by atoms with E-state index in [0.29, 0.717) is 18.4 Å². The lowest BCUT2D eigenvalue weighted by atomic mass is 10.1. The van der Waals surface area contributed by atoms with Crippen LogP contribution < -0.4 is 0 Å². The Hall–Kier alpha value is -2.53. The van der Waals surface area contributed by atoms with Gasteiger partial charge in [-0.2, -0.15) is 4.31 Å². The van der Waals surface area contributed by atoms with Crippen LogP contribution in [0.3, 0.4) is 0 Å². The first-order valence-corrected chi connectivity index (χ1v) is 9.81. The van der Waals surface area contributed by atoms with Crippen LogP contribution in [0.15, 0.2) is 23.1 Å². The largest absolute Gasteiger partial charge is 0.480 e. The number of aryl methyl sites for hydroxylation is 1. The number of non-ortho nitro benzene ring substituents is 1. The van der Waals surface area contributed by atoms with Crippen LogP contribution in [-0.4, -0.2) is 65.7 Å². The fraction of sp³-hybridized carbons (Fsp3) is 0.500. The molecule has 3 rings (SSSR count). The van der Waals surface area contributed by atoms with E-state index in [1.165, 1.54) is 21.3 Å². The highest BCUT2D eigenvalue weighted by molar-refractivity contribution is 7.89. The van der Waals surface area contributed by atoms with E-state index in [1.807, 2.05) is 0 Å². The average molecular weight is 397 g/mol. The van der Waals surface area contributed by atoms with Gasteiger partial charge in [-0.25, -0.2) is 8.42 Å². The minimum absolute atomic E-state index is 0.00586. The van der Waals surface area contributed by atoms with Gasteiger partial charge in [0.25, 0.3) is 5.69 Å². The Labute approximate surface area is 155 Å². The predicted molar refractivity (Wildman–Crippen MR) is 92.5 cm³/mol. The highest BCUT2D eigenvalue weighted by atomic mass is 32.2. The number of amides is 1. The molecule has 0 atom stereocenters. The van der Waals surface area contributed by atoms with Gasteiger partial charge in [-0.1, -0.05) is 6.07 Å². The van der Waals surface area contributed by atoms with E-state index < -0.39 is 32.2 Å². The van der Waals surface area contributed by atoms with Crippen LogP contribution in [0.5, 0.6) is 0 Å². The maximum Gasteiger partial charge on any atom is 0.319 e. The lowest BCUT2D eigenvalue weighted by molar-refractivity contribution is -0.385. The number of carboxylic acid groups (broad SMARTS) is 1. The van der Waals surface area contributed by atoms with Crippen LogP contribution in [-0.2, 0) is 19.6 Å². The van der Waals surface area contributed by atoms with Gasteiger partial charge in [0.05, 0.1) is 9.82 Å². The van der Waals surface area contributed by atoms with Crippen LogP contribution in [0.1, 0.15) is 18.4 Å². The van der Waals surface area contributed by atoms with Gasteiger partial charge in [0, 0.05) is 38.3 Å². The van der Waals surface area contributed by atoms with Crippen LogP contribution in [0.4, 0.5) is 5.69 Å². The second kappa shape index (κ2) is 6.57. The predicted octanol–water partition coefficient (Wildman–Crippen LogP) is 0.601. The number of piperazine rings is 1. The fourth-order valence-corrected chi connectivity index (χ4v) is 4.86. The molecule has 1 aromatic rings. The van der Waals surface area contributed by atoms with Crippen LogP contribution in [0, 0.1) is 22.5 Å². The molecular weight excluding hydrogens is 378 g/mol. The summed E-state index contributed by atoms with van der Waals surface area (Å²) in [4.78, 5) is 35.3. The number of nitro groups is 1. The molecule has 0 radical (unpaired) electrons. The number of rotatable bonds is 5. The number of nitro benzene ring substituents is 1. The molecule has 1 saturated carbocycles. The first-order valence-electron chi connectivity index (χ1n) is 8.37. The van der Waals surface area contributed by atoms with Gasteiger partial charge in [-0.15, -0.1) is 0 Å². The number of hydrogen-bond donors (Lipinski definition) is 1. The summed E-state index contributed by atoms with van der Waals surface area (Å²) < 4.78 is 26.9. The van der Waals surface area contributed by atoms with Crippen molar-refractivity contribution in [2.75, 3.05) is 26.2 Å². The van der Waals surface area contributed by atoms with Gasteiger partial charge in [-0.05, 0) is 25.3 Å². The number of carbonyl (C=O) groups excluding carboxylic acids is 1. The monoisotopic (exact) mass is 397 g/mol. The molecule has 0 unspecified atom stereocenters. The van der Waals surface area contributed by atoms with Gasteiger partial charge in [0.2, 0.25) is 15.9 Å². The molecule has 146 valence electrons. The number of carbonyl (C=O) groups is 2. The van der Waals surface area contributed by atoms with E-state index in [1.54, 1.807) is 6.92 Å². The highest BCUT2D eigenvalue weighted by Crippen LogP contribution is 2.47. The normalized spacial score (nSPS) is 19.5.